The number of ether oxygens (including phenoxy) is 2. The topological polar surface area (TPSA) is 149 Å². The van der Waals surface area contributed by atoms with Gasteiger partial charge in [-0.15, -0.1) is 0 Å². The first-order valence-corrected chi connectivity index (χ1v) is 21.8. The smallest absolute Gasteiger partial charge is 0.462 e. The van der Waals surface area contributed by atoms with E-state index in [4.69, 9.17) is 19.1 Å². The van der Waals surface area contributed by atoms with Crippen LogP contribution >= 0.6 is 7.82 Å². The van der Waals surface area contributed by atoms with Crippen LogP contribution in [0.25, 0.3) is 0 Å². The summed E-state index contributed by atoms with van der Waals surface area (Å²) in [6.07, 6.45) is 40.4. The van der Waals surface area contributed by atoms with Gasteiger partial charge in [0.2, 0.25) is 0 Å². The van der Waals surface area contributed by atoms with Gasteiger partial charge in [-0.25, -0.2) is 4.57 Å². The number of unbranched alkanes of at least 4 members (excludes halogenated alkanes) is 16. The highest BCUT2D eigenvalue weighted by atomic mass is 31.2. The van der Waals surface area contributed by atoms with Crippen molar-refractivity contribution in [3.8, 4) is 0 Å². The number of carbonyl (C=O) groups is 2. The second kappa shape index (κ2) is 38.0. The van der Waals surface area contributed by atoms with E-state index in [0.29, 0.717) is 12.8 Å². The summed E-state index contributed by atoms with van der Waals surface area (Å²) in [5, 5.41) is 18.3. The maximum atomic E-state index is 12.6. The van der Waals surface area contributed by atoms with E-state index >= 15 is 0 Å². The standard InChI is InChI=1S/C42H73O10P/c1-3-5-7-9-11-13-15-17-19-21-23-25-27-29-31-33-41(45)49-37-40(38-51-53(47,48)50-36-39(44)35-43)52-42(46)34-32-30-28-26-24-22-20-18-16-14-12-10-8-6-4-2/h5,7,9-13,15,17,19,39-40,43-44H,3-4,6,8,14,16,18,20-38H2,1-2H3,(H,47,48)/b7-5+,11-9+,12-10+,15-13+,19-17+/t39-,40+/m0/s1. The second-order valence-electron chi connectivity index (χ2n) is 13.4. The molecule has 0 aromatic heterocycles. The fourth-order valence-electron chi connectivity index (χ4n) is 5.10. The lowest BCUT2D eigenvalue weighted by Crippen LogP contribution is -2.29. The zero-order chi connectivity index (χ0) is 39.1. The Kier molecular flexibility index (Phi) is 36.3. The van der Waals surface area contributed by atoms with Crippen LogP contribution in [0.15, 0.2) is 60.8 Å². The molecule has 0 aliphatic carbocycles. The Morgan fingerprint density at radius 3 is 1.62 bits per heavy atom. The first-order chi connectivity index (χ1) is 25.7. The Morgan fingerprint density at radius 2 is 1.06 bits per heavy atom. The van der Waals surface area contributed by atoms with Gasteiger partial charge in [-0.1, -0.05) is 152 Å². The molecule has 0 radical (unpaired) electrons. The van der Waals surface area contributed by atoms with E-state index in [2.05, 4.69) is 42.7 Å². The molecule has 3 N–H and O–H groups in total. The molecule has 0 aliphatic rings. The Labute approximate surface area is 321 Å². The summed E-state index contributed by atoms with van der Waals surface area (Å²) in [4.78, 5) is 34.9. The average molecular weight is 769 g/mol. The van der Waals surface area contributed by atoms with Gasteiger partial charge in [0.15, 0.2) is 6.10 Å². The largest absolute Gasteiger partial charge is 0.472 e. The van der Waals surface area contributed by atoms with Crippen LogP contribution in [0.2, 0.25) is 0 Å². The highest BCUT2D eigenvalue weighted by Gasteiger charge is 2.27. The number of carbonyl (C=O) groups excluding carboxylic acids is 2. The monoisotopic (exact) mass is 768 g/mol. The molecule has 0 heterocycles. The molecule has 53 heavy (non-hydrogen) atoms. The van der Waals surface area contributed by atoms with Crippen molar-refractivity contribution in [2.45, 2.75) is 167 Å². The zero-order valence-electron chi connectivity index (χ0n) is 33.0. The molecular formula is C42H73O10P. The fourth-order valence-corrected chi connectivity index (χ4v) is 5.89. The van der Waals surface area contributed by atoms with Gasteiger partial charge in [-0.3, -0.25) is 18.6 Å². The van der Waals surface area contributed by atoms with Crippen molar-refractivity contribution in [1.29, 1.82) is 0 Å². The number of esters is 2. The summed E-state index contributed by atoms with van der Waals surface area (Å²) < 4.78 is 32.6. The SMILES string of the molecule is CC/C=C/C=C/C=C/C=C/CCCCCCCC(=O)OC[C@H](COP(=O)(O)OC[C@@H](O)CO)OC(=O)CCCCCCCCCCC/C=C/CCCC. The molecule has 0 aliphatic heterocycles. The predicted octanol–water partition coefficient (Wildman–Crippen LogP) is 10.3. The number of hydrogen-bond donors (Lipinski definition) is 3. The highest BCUT2D eigenvalue weighted by molar-refractivity contribution is 7.47. The maximum absolute atomic E-state index is 12.6. The molecule has 0 saturated carbocycles. The lowest BCUT2D eigenvalue weighted by molar-refractivity contribution is -0.161. The van der Waals surface area contributed by atoms with Crippen LogP contribution in [0.1, 0.15) is 155 Å². The molecule has 0 aromatic carbocycles. The number of rotatable bonds is 37. The van der Waals surface area contributed by atoms with E-state index in [-0.39, 0.29) is 19.4 Å². The number of phosphoric ester groups is 1. The predicted molar refractivity (Wildman–Crippen MR) is 214 cm³/mol. The molecule has 306 valence electrons. The van der Waals surface area contributed by atoms with Crippen molar-refractivity contribution >= 4 is 19.8 Å². The first-order valence-electron chi connectivity index (χ1n) is 20.3. The number of phosphoric acid groups is 1. The molecule has 11 heteroatoms. The van der Waals surface area contributed by atoms with Crippen molar-refractivity contribution in [3.05, 3.63) is 60.8 Å². The van der Waals surface area contributed by atoms with Crippen molar-refractivity contribution in [3.63, 3.8) is 0 Å². The van der Waals surface area contributed by atoms with Gasteiger partial charge < -0.3 is 24.6 Å². The fraction of sp³-hybridized carbons (Fsp3) is 0.714. The third-order valence-corrected chi connectivity index (χ3v) is 9.20. The molecule has 0 aromatic rings. The molecule has 0 spiro atoms. The molecule has 0 saturated heterocycles. The molecule has 0 amide bonds. The first kappa shape index (κ1) is 50.7. The number of aliphatic hydroxyl groups is 2. The van der Waals surface area contributed by atoms with Crippen LogP contribution in [0.5, 0.6) is 0 Å². The quantitative estimate of drug-likeness (QED) is 0.0183. The molecule has 1 unspecified atom stereocenters. The molecular weight excluding hydrogens is 695 g/mol. The van der Waals surface area contributed by atoms with Gasteiger partial charge in [-0.05, 0) is 51.4 Å². The summed E-state index contributed by atoms with van der Waals surface area (Å²) in [5.74, 6) is -0.959. The number of allylic oxidation sites excluding steroid dienone is 10. The summed E-state index contributed by atoms with van der Waals surface area (Å²) >= 11 is 0. The minimum Gasteiger partial charge on any atom is -0.462 e. The van der Waals surface area contributed by atoms with E-state index in [1.54, 1.807) is 0 Å². The summed E-state index contributed by atoms with van der Waals surface area (Å²) in [7, 11) is -4.62. The second-order valence-corrected chi connectivity index (χ2v) is 14.8. The molecule has 0 fully saturated rings. The number of aliphatic hydroxyl groups excluding tert-OH is 2. The number of hydrogen-bond acceptors (Lipinski definition) is 9. The van der Waals surface area contributed by atoms with Crippen molar-refractivity contribution in [2.75, 3.05) is 26.4 Å². The summed E-state index contributed by atoms with van der Waals surface area (Å²) in [6.45, 7) is 2.17. The van der Waals surface area contributed by atoms with Crippen LogP contribution in [0, 0.1) is 0 Å². The van der Waals surface area contributed by atoms with Crippen molar-refractivity contribution < 1.29 is 47.8 Å². The van der Waals surface area contributed by atoms with Gasteiger partial charge in [0, 0.05) is 12.8 Å². The summed E-state index contributed by atoms with van der Waals surface area (Å²) in [6, 6.07) is 0. The van der Waals surface area contributed by atoms with E-state index < -0.39 is 51.8 Å². The molecule has 0 bridgehead atoms. The van der Waals surface area contributed by atoms with E-state index in [1.165, 1.54) is 57.8 Å². The van der Waals surface area contributed by atoms with Crippen LogP contribution in [-0.4, -0.2) is 65.7 Å². The van der Waals surface area contributed by atoms with Gasteiger partial charge in [0.25, 0.3) is 0 Å². The van der Waals surface area contributed by atoms with Gasteiger partial charge >= 0.3 is 19.8 Å². The zero-order valence-corrected chi connectivity index (χ0v) is 33.9. The minimum atomic E-state index is -4.62. The molecule has 0 rings (SSSR count). The Hall–Kier alpha value is -2.33. The molecule has 10 nitrogen and oxygen atoms in total. The van der Waals surface area contributed by atoms with Gasteiger partial charge in [-0.2, -0.15) is 0 Å². The highest BCUT2D eigenvalue weighted by Crippen LogP contribution is 2.43. The maximum Gasteiger partial charge on any atom is 0.472 e. The summed E-state index contributed by atoms with van der Waals surface area (Å²) in [5.41, 5.74) is 0. The normalized spacial score (nSPS) is 14.6. The van der Waals surface area contributed by atoms with Crippen LogP contribution in [0.4, 0.5) is 0 Å². The van der Waals surface area contributed by atoms with E-state index in [0.717, 1.165) is 57.8 Å². The average Bonchev–Trinajstić information content (AvgIpc) is 3.14. The Bertz CT molecular complexity index is 1070. The Morgan fingerprint density at radius 1 is 0.585 bits per heavy atom. The Balaban J connectivity index is 4.38. The lowest BCUT2D eigenvalue weighted by Gasteiger charge is -2.20. The van der Waals surface area contributed by atoms with E-state index in [9.17, 15) is 24.2 Å². The van der Waals surface area contributed by atoms with Crippen molar-refractivity contribution in [2.24, 2.45) is 0 Å². The van der Waals surface area contributed by atoms with Crippen molar-refractivity contribution in [1.82, 2.24) is 0 Å². The molecule has 3 atom stereocenters. The third kappa shape index (κ3) is 37.8. The third-order valence-electron chi connectivity index (χ3n) is 8.25. The van der Waals surface area contributed by atoms with Gasteiger partial charge in [0.1, 0.15) is 12.7 Å². The van der Waals surface area contributed by atoms with E-state index in [1.807, 2.05) is 36.5 Å². The van der Waals surface area contributed by atoms with Crippen LogP contribution in [0.3, 0.4) is 0 Å². The minimum absolute atomic E-state index is 0.174. The van der Waals surface area contributed by atoms with Crippen LogP contribution in [-0.2, 0) is 32.7 Å². The van der Waals surface area contributed by atoms with Crippen LogP contribution < -0.4 is 0 Å². The lowest BCUT2D eigenvalue weighted by atomic mass is 10.1. The van der Waals surface area contributed by atoms with Gasteiger partial charge in [0.05, 0.1) is 19.8 Å².